The van der Waals surface area contributed by atoms with Gasteiger partial charge in [0.15, 0.2) is 5.78 Å². The molecule has 12 nitrogen and oxygen atoms in total. The Hall–Kier alpha value is -4.87. The van der Waals surface area contributed by atoms with Crippen LogP contribution in [0.15, 0.2) is 36.4 Å². The van der Waals surface area contributed by atoms with E-state index in [1.807, 2.05) is 0 Å². The van der Waals surface area contributed by atoms with Crippen molar-refractivity contribution in [3.05, 3.63) is 58.7 Å². The molecule has 2 aromatic rings. The van der Waals surface area contributed by atoms with Crippen LogP contribution < -0.4 is 16.8 Å². The van der Waals surface area contributed by atoms with Gasteiger partial charge in [-0.2, -0.15) is 0 Å². The van der Waals surface area contributed by atoms with Gasteiger partial charge in [-0.05, 0) is 37.1 Å². The third kappa shape index (κ3) is 4.43. The molecule has 39 heavy (non-hydrogen) atoms. The molecule has 3 aliphatic heterocycles. The summed E-state index contributed by atoms with van der Waals surface area (Å²) in [5, 5.41) is 2.27. The quantitative estimate of drug-likeness (QED) is 0.283. The first kappa shape index (κ1) is 25.8. The van der Waals surface area contributed by atoms with E-state index < -0.39 is 29.8 Å². The maximum Gasteiger partial charge on any atom is 0.264 e. The summed E-state index contributed by atoms with van der Waals surface area (Å²) in [7, 11) is 0. The zero-order valence-electron chi connectivity index (χ0n) is 20.8. The van der Waals surface area contributed by atoms with Gasteiger partial charge >= 0.3 is 0 Å². The van der Waals surface area contributed by atoms with Gasteiger partial charge in [-0.1, -0.05) is 12.1 Å². The van der Waals surface area contributed by atoms with Gasteiger partial charge in [-0.3, -0.25) is 43.8 Å². The second-order valence-corrected chi connectivity index (χ2v) is 9.76. The number of carbonyl (C=O) groups excluding carboxylic acids is 7. The molecule has 1 saturated heterocycles. The Labute approximate surface area is 222 Å². The van der Waals surface area contributed by atoms with Crippen LogP contribution in [-0.2, 0) is 25.7 Å². The van der Waals surface area contributed by atoms with E-state index in [0.29, 0.717) is 24.2 Å². The Morgan fingerprint density at radius 1 is 0.744 bits per heavy atom. The predicted octanol–water partition coefficient (Wildman–Crippen LogP) is 0.585. The van der Waals surface area contributed by atoms with Crippen molar-refractivity contribution in [2.24, 2.45) is 0 Å². The van der Waals surface area contributed by atoms with Crippen molar-refractivity contribution in [2.75, 3.05) is 11.5 Å². The number of hydrogen-bond acceptors (Lipinski definition) is 9. The number of Topliss-reactive ketones (excluding diaryl/α,β-unsaturated/α-hetero) is 2. The largest absolute Gasteiger partial charge is 0.398 e. The Kier molecular flexibility index (Phi) is 6.46. The Bertz CT molecular complexity index is 1480. The molecule has 2 atom stereocenters. The van der Waals surface area contributed by atoms with Crippen molar-refractivity contribution in [3.63, 3.8) is 0 Å². The number of rotatable bonds is 2. The third-order valence-corrected chi connectivity index (χ3v) is 7.35. The summed E-state index contributed by atoms with van der Waals surface area (Å²) in [6.07, 6.45) is 0.812. The average molecular weight is 532 g/mol. The molecule has 0 spiro atoms. The molecular weight excluding hydrogens is 506 g/mol. The summed E-state index contributed by atoms with van der Waals surface area (Å²) >= 11 is 0. The number of piperidine rings is 1. The van der Waals surface area contributed by atoms with Crippen molar-refractivity contribution in [3.8, 4) is 0 Å². The number of amides is 5. The number of ketones is 2. The van der Waals surface area contributed by atoms with Crippen LogP contribution >= 0.6 is 0 Å². The molecule has 1 saturated carbocycles. The summed E-state index contributed by atoms with van der Waals surface area (Å²) in [6, 6.07) is 8.38. The molecule has 0 radical (unpaired) electrons. The maximum absolute atomic E-state index is 12.3. The zero-order chi connectivity index (χ0) is 28.0. The summed E-state index contributed by atoms with van der Waals surface area (Å²) in [4.78, 5) is 85.5. The van der Waals surface area contributed by atoms with Crippen molar-refractivity contribution in [2.45, 2.75) is 50.7 Å². The monoisotopic (exact) mass is 531 g/mol. The van der Waals surface area contributed by atoms with Gasteiger partial charge in [-0.15, -0.1) is 0 Å². The molecular formula is C27H25N5O7. The van der Waals surface area contributed by atoms with Crippen molar-refractivity contribution in [1.29, 1.82) is 0 Å². The molecule has 1 aliphatic carbocycles. The topological polar surface area (TPSA) is 190 Å². The van der Waals surface area contributed by atoms with Crippen molar-refractivity contribution in [1.82, 2.24) is 15.1 Å². The van der Waals surface area contributed by atoms with Crippen LogP contribution in [0.1, 0.15) is 68.7 Å². The smallest absolute Gasteiger partial charge is 0.264 e. The number of imide groups is 2. The molecule has 0 aromatic heterocycles. The highest BCUT2D eigenvalue weighted by Crippen LogP contribution is 2.32. The van der Waals surface area contributed by atoms with Gasteiger partial charge in [0.2, 0.25) is 11.8 Å². The lowest BCUT2D eigenvalue weighted by atomic mass is 9.92. The van der Waals surface area contributed by atoms with E-state index in [0.717, 1.165) is 10.5 Å². The number of nitrogen functional groups attached to an aromatic ring is 2. The molecule has 2 aromatic carbocycles. The van der Waals surface area contributed by atoms with Crippen molar-refractivity contribution >= 4 is 52.5 Å². The lowest BCUT2D eigenvalue weighted by Gasteiger charge is -2.29. The van der Waals surface area contributed by atoms with Crippen molar-refractivity contribution < 1.29 is 33.6 Å². The molecule has 3 heterocycles. The summed E-state index contributed by atoms with van der Waals surface area (Å²) < 4.78 is 0. The van der Waals surface area contributed by atoms with Gasteiger partial charge in [0.1, 0.15) is 11.8 Å². The first-order chi connectivity index (χ1) is 18.6. The number of nitrogens with two attached hydrogens (primary N) is 2. The Balaban J connectivity index is 0.000000158. The number of carbonyl (C=O) groups is 7. The zero-order valence-corrected chi connectivity index (χ0v) is 20.8. The number of nitrogens with zero attached hydrogens (tertiary/aromatic N) is 2. The summed E-state index contributed by atoms with van der Waals surface area (Å²) in [6.45, 7) is 0.327. The van der Waals surface area contributed by atoms with E-state index in [1.54, 1.807) is 30.3 Å². The molecule has 4 aliphatic rings. The van der Waals surface area contributed by atoms with Gasteiger partial charge in [-0.25, -0.2) is 0 Å². The molecule has 200 valence electrons. The fourth-order valence-corrected chi connectivity index (χ4v) is 5.35. The fourth-order valence-electron chi connectivity index (χ4n) is 5.35. The highest BCUT2D eigenvalue weighted by molar-refractivity contribution is 6.25. The molecule has 5 N–H and O–H groups in total. The van der Waals surface area contributed by atoms with Crippen LogP contribution in [0.25, 0.3) is 0 Å². The Morgan fingerprint density at radius 3 is 2.05 bits per heavy atom. The standard InChI is InChI=1S/C14H12N2O4.C13H13N3O3/c15-9-3-1-2-8-12(9)14(20)16(13(8)19)10-5-4-7(17)6-11(10)18;14-9-3-1-2-7-8(9)6-16(13(7)19)10-4-5-11(17)15-12(10)18/h1-3,10H,4-6,15H2;1-3,10H,4-6,14H2,(H,15,17,18). The maximum atomic E-state index is 12.3. The number of benzene rings is 2. The number of anilines is 2. The van der Waals surface area contributed by atoms with Gasteiger partial charge in [0, 0.05) is 41.9 Å². The lowest BCUT2D eigenvalue weighted by molar-refractivity contribution is -0.137. The minimum Gasteiger partial charge on any atom is -0.398 e. The average Bonchev–Trinajstić information content (AvgIpc) is 3.35. The highest BCUT2D eigenvalue weighted by atomic mass is 16.2. The van der Waals surface area contributed by atoms with Crippen LogP contribution in [0.2, 0.25) is 0 Å². The van der Waals surface area contributed by atoms with E-state index in [4.69, 9.17) is 11.5 Å². The summed E-state index contributed by atoms with van der Waals surface area (Å²) in [5.41, 5.74) is 14.0. The predicted molar refractivity (Wildman–Crippen MR) is 136 cm³/mol. The van der Waals surface area contributed by atoms with Gasteiger partial charge in [0.25, 0.3) is 17.7 Å². The molecule has 6 rings (SSSR count). The lowest BCUT2D eigenvalue weighted by Crippen LogP contribution is -2.52. The van der Waals surface area contributed by atoms with Crippen LogP contribution in [0.3, 0.4) is 0 Å². The third-order valence-electron chi connectivity index (χ3n) is 7.35. The van der Waals surface area contributed by atoms with Crippen LogP contribution in [-0.4, -0.2) is 63.0 Å². The molecule has 0 bridgehead atoms. The van der Waals surface area contributed by atoms with E-state index in [-0.39, 0.29) is 65.9 Å². The van der Waals surface area contributed by atoms with Crippen LogP contribution in [0.4, 0.5) is 11.4 Å². The second kappa shape index (κ2) is 9.78. The molecule has 2 fully saturated rings. The minimum atomic E-state index is -0.848. The van der Waals surface area contributed by atoms with Crippen LogP contribution in [0.5, 0.6) is 0 Å². The summed E-state index contributed by atoms with van der Waals surface area (Å²) in [5.74, 6) is -2.48. The van der Waals surface area contributed by atoms with E-state index in [2.05, 4.69) is 5.32 Å². The first-order valence-electron chi connectivity index (χ1n) is 12.4. The Morgan fingerprint density at radius 2 is 1.41 bits per heavy atom. The second-order valence-electron chi connectivity index (χ2n) is 9.76. The minimum absolute atomic E-state index is 0.151. The molecule has 12 heteroatoms. The van der Waals surface area contributed by atoms with E-state index in [9.17, 15) is 33.6 Å². The first-order valence-corrected chi connectivity index (χ1v) is 12.4. The SMILES string of the molecule is Nc1cccc2c1C(=O)N(C1CCC(=O)CC1=O)C2=O.Nc1cccc2c1CN(C1CCC(=O)NC1=O)C2=O. The van der Waals surface area contributed by atoms with E-state index >= 15 is 0 Å². The normalized spacial score (nSPS) is 22.4. The number of hydrogen-bond donors (Lipinski definition) is 3. The number of nitrogens with one attached hydrogen (secondary N) is 1. The molecule has 2 unspecified atom stereocenters. The van der Waals surface area contributed by atoms with Crippen LogP contribution in [0, 0.1) is 0 Å². The highest BCUT2D eigenvalue weighted by Gasteiger charge is 2.45. The molecule has 5 amide bonds. The van der Waals surface area contributed by atoms with Gasteiger partial charge in [0.05, 0.1) is 23.6 Å². The van der Waals surface area contributed by atoms with E-state index in [1.165, 1.54) is 11.0 Å². The number of fused-ring (bicyclic) bond motifs is 2. The fraction of sp³-hybridized carbons (Fsp3) is 0.296. The van der Waals surface area contributed by atoms with Gasteiger partial charge < -0.3 is 16.4 Å².